The smallest absolute Gasteiger partial charge is 0.346 e. The number of nitrogens with zero attached hydrogens (tertiary/aromatic N) is 2. The number of aliphatic carboxylic acids is 1. The lowest BCUT2D eigenvalue weighted by atomic mass is 10.1. The monoisotopic (exact) mass is 304 g/mol. The van der Waals surface area contributed by atoms with Crippen LogP contribution in [-0.4, -0.2) is 50.3 Å². The topological polar surface area (TPSA) is 82.8 Å². The van der Waals surface area contributed by atoms with Crippen molar-refractivity contribution in [3.05, 3.63) is 29.3 Å². The first kappa shape index (κ1) is 17.5. The third-order valence-corrected chi connectivity index (χ3v) is 2.88. The van der Waals surface area contributed by atoms with Crippen molar-refractivity contribution in [2.24, 2.45) is 0 Å². The van der Waals surface area contributed by atoms with Gasteiger partial charge in [-0.25, -0.2) is 4.79 Å². The van der Waals surface area contributed by atoms with Crippen LogP contribution >= 0.6 is 0 Å². The highest BCUT2D eigenvalue weighted by atomic mass is 16.5. The van der Waals surface area contributed by atoms with Crippen molar-refractivity contribution in [2.75, 3.05) is 34.4 Å². The molecule has 6 nitrogen and oxygen atoms in total. The van der Waals surface area contributed by atoms with Crippen LogP contribution in [0.1, 0.15) is 12.0 Å². The molecule has 0 amide bonds. The number of ether oxygens (including phenoxy) is 2. The van der Waals surface area contributed by atoms with Crippen molar-refractivity contribution in [3.8, 4) is 17.6 Å². The van der Waals surface area contributed by atoms with E-state index in [-0.39, 0.29) is 5.57 Å². The Morgan fingerprint density at radius 1 is 1.45 bits per heavy atom. The maximum atomic E-state index is 11.0. The summed E-state index contributed by atoms with van der Waals surface area (Å²) >= 11 is 0. The predicted octanol–water partition coefficient (Wildman–Crippen LogP) is 2.02. The lowest BCUT2D eigenvalue weighted by Crippen LogP contribution is -2.15. The molecule has 0 unspecified atom stereocenters. The second kappa shape index (κ2) is 8.70. The fourth-order valence-electron chi connectivity index (χ4n) is 1.81. The van der Waals surface area contributed by atoms with Crippen molar-refractivity contribution < 1.29 is 19.4 Å². The number of carbonyl (C=O) groups is 1. The van der Waals surface area contributed by atoms with Gasteiger partial charge < -0.3 is 19.5 Å². The molecule has 6 heteroatoms. The zero-order valence-corrected chi connectivity index (χ0v) is 13.0. The summed E-state index contributed by atoms with van der Waals surface area (Å²) in [5.41, 5.74) is 0.148. The molecule has 0 aromatic heterocycles. The molecule has 0 atom stereocenters. The standard InChI is InChI=1S/C16H20N2O4/c1-18(2)8-5-9-22-15-12(6-4-7-14(15)21-3)10-13(11-17)16(19)20/h4,6-7,10H,5,8-9H2,1-3H3,(H,19,20). The van der Waals surface area contributed by atoms with Gasteiger partial charge >= 0.3 is 5.97 Å². The van der Waals surface area contributed by atoms with Crippen LogP contribution in [-0.2, 0) is 4.79 Å². The molecule has 22 heavy (non-hydrogen) atoms. The third-order valence-electron chi connectivity index (χ3n) is 2.88. The highest BCUT2D eigenvalue weighted by Crippen LogP contribution is 2.32. The van der Waals surface area contributed by atoms with E-state index < -0.39 is 5.97 Å². The quantitative estimate of drug-likeness (QED) is 0.449. The lowest BCUT2D eigenvalue weighted by molar-refractivity contribution is -0.132. The SMILES string of the molecule is COc1cccc(C=C(C#N)C(=O)O)c1OCCCN(C)C. The minimum absolute atomic E-state index is 0.355. The maximum absolute atomic E-state index is 11.0. The van der Waals surface area contributed by atoms with Crippen LogP contribution in [0.4, 0.5) is 0 Å². The Morgan fingerprint density at radius 3 is 2.73 bits per heavy atom. The Kier molecular flexibility index (Phi) is 6.93. The summed E-state index contributed by atoms with van der Waals surface area (Å²) in [4.78, 5) is 13.0. The van der Waals surface area contributed by atoms with Crippen molar-refractivity contribution in [1.29, 1.82) is 5.26 Å². The summed E-state index contributed by atoms with van der Waals surface area (Å²) in [7, 11) is 5.46. The summed E-state index contributed by atoms with van der Waals surface area (Å²) in [6.45, 7) is 1.34. The molecule has 0 aliphatic carbocycles. The highest BCUT2D eigenvalue weighted by Gasteiger charge is 2.12. The molecular formula is C16H20N2O4. The average molecular weight is 304 g/mol. The van der Waals surface area contributed by atoms with Gasteiger partial charge in [0.05, 0.1) is 13.7 Å². The molecule has 0 radical (unpaired) electrons. The molecule has 0 saturated carbocycles. The van der Waals surface area contributed by atoms with Crippen molar-refractivity contribution >= 4 is 12.0 Å². The number of rotatable bonds is 8. The van der Waals surface area contributed by atoms with Crippen LogP contribution < -0.4 is 9.47 Å². The van der Waals surface area contributed by atoms with Crippen LogP contribution in [0.2, 0.25) is 0 Å². The van der Waals surface area contributed by atoms with Gasteiger partial charge in [0.25, 0.3) is 0 Å². The van der Waals surface area contributed by atoms with Gasteiger partial charge in [0.1, 0.15) is 11.6 Å². The second-order valence-electron chi connectivity index (χ2n) is 4.86. The largest absolute Gasteiger partial charge is 0.493 e. The molecule has 0 heterocycles. The molecule has 0 fully saturated rings. The van der Waals surface area contributed by atoms with Gasteiger partial charge in [-0.1, -0.05) is 12.1 Å². The van der Waals surface area contributed by atoms with Gasteiger partial charge in [0, 0.05) is 12.1 Å². The number of hydrogen-bond donors (Lipinski definition) is 1. The number of nitriles is 1. The number of methoxy groups -OCH3 is 1. The summed E-state index contributed by atoms with van der Waals surface area (Å²) in [6.07, 6.45) is 2.10. The molecule has 0 bridgehead atoms. The van der Waals surface area contributed by atoms with Gasteiger partial charge in [-0.15, -0.1) is 0 Å². The molecule has 118 valence electrons. The molecule has 1 aromatic carbocycles. The lowest BCUT2D eigenvalue weighted by Gasteiger charge is -2.14. The molecule has 0 aliphatic heterocycles. The molecule has 1 N–H and O–H groups in total. The maximum Gasteiger partial charge on any atom is 0.346 e. The Labute approximate surface area is 130 Å². The Hall–Kier alpha value is -2.52. The fourth-order valence-corrected chi connectivity index (χ4v) is 1.81. The highest BCUT2D eigenvalue weighted by molar-refractivity contribution is 5.97. The average Bonchev–Trinajstić information content (AvgIpc) is 2.49. The molecular weight excluding hydrogens is 284 g/mol. The van der Waals surface area contributed by atoms with Gasteiger partial charge in [-0.05, 0) is 32.7 Å². The van der Waals surface area contributed by atoms with E-state index in [1.165, 1.54) is 13.2 Å². The van der Waals surface area contributed by atoms with Crippen LogP contribution in [0.5, 0.6) is 11.5 Å². The molecule has 0 spiro atoms. The van der Waals surface area contributed by atoms with E-state index in [2.05, 4.69) is 0 Å². The van der Waals surface area contributed by atoms with E-state index in [1.807, 2.05) is 19.0 Å². The molecule has 0 saturated heterocycles. The van der Waals surface area contributed by atoms with Crippen LogP contribution in [0.25, 0.3) is 6.08 Å². The van der Waals surface area contributed by atoms with E-state index in [1.54, 1.807) is 24.3 Å². The summed E-state index contributed by atoms with van der Waals surface area (Å²) in [5.74, 6) is -0.331. The van der Waals surface area contributed by atoms with Crippen LogP contribution in [0, 0.1) is 11.3 Å². The van der Waals surface area contributed by atoms with Crippen LogP contribution in [0.3, 0.4) is 0 Å². The zero-order chi connectivity index (χ0) is 16.5. The minimum Gasteiger partial charge on any atom is -0.493 e. The molecule has 1 rings (SSSR count). The Bertz CT molecular complexity index is 588. The Balaban J connectivity index is 3.02. The van der Waals surface area contributed by atoms with E-state index in [4.69, 9.17) is 19.8 Å². The van der Waals surface area contributed by atoms with E-state index >= 15 is 0 Å². The minimum atomic E-state index is -1.27. The summed E-state index contributed by atoms with van der Waals surface area (Å²) in [5, 5.41) is 17.8. The first-order valence-corrected chi connectivity index (χ1v) is 6.79. The van der Waals surface area contributed by atoms with Crippen molar-refractivity contribution in [2.45, 2.75) is 6.42 Å². The summed E-state index contributed by atoms with van der Waals surface area (Å²) < 4.78 is 11.0. The fraction of sp³-hybridized carbons (Fsp3) is 0.375. The first-order valence-electron chi connectivity index (χ1n) is 6.79. The number of hydrogen-bond acceptors (Lipinski definition) is 5. The van der Waals surface area contributed by atoms with Gasteiger partial charge in [0.15, 0.2) is 11.5 Å². The number of para-hydroxylation sites is 1. The Morgan fingerprint density at radius 2 is 2.18 bits per heavy atom. The van der Waals surface area contributed by atoms with Crippen molar-refractivity contribution in [1.82, 2.24) is 4.90 Å². The number of benzene rings is 1. The zero-order valence-electron chi connectivity index (χ0n) is 13.0. The number of carboxylic acid groups (broad SMARTS) is 1. The first-order chi connectivity index (χ1) is 10.5. The number of carboxylic acids is 1. The second-order valence-corrected chi connectivity index (χ2v) is 4.86. The third kappa shape index (κ3) is 5.11. The van der Waals surface area contributed by atoms with Crippen molar-refractivity contribution in [3.63, 3.8) is 0 Å². The van der Waals surface area contributed by atoms with E-state index in [0.717, 1.165) is 13.0 Å². The van der Waals surface area contributed by atoms with E-state index in [9.17, 15) is 4.79 Å². The molecule has 0 aliphatic rings. The van der Waals surface area contributed by atoms with Gasteiger partial charge in [-0.3, -0.25) is 0 Å². The van der Waals surface area contributed by atoms with Gasteiger partial charge in [0.2, 0.25) is 0 Å². The van der Waals surface area contributed by atoms with Crippen LogP contribution in [0.15, 0.2) is 23.8 Å². The normalized spacial score (nSPS) is 11.1. The summed E-state index contributed by atoms with van der Waals surface area (Å²) in [6, 6.07) is 6.78. The predicted molar refractivity (Wildman–Crippen MR) is 82.9 cm³/mol. The van der Waals surface area contributed by atoms with E-state index in [0.29, 0.717) is 23.7 Å². The van der Waals surface area contributed by atoms with Gasteiger partial charge in [-0.2, -0.15) is 5.26 Å². The molecule has 1 aromatic rings.